The maximum absolute atomic E-state index is 12.6. The number of nitrogens with zero attached hydrogens (tertiary/aromatic N) is 3. The Bertz CT molecular complexity index is 927. The molecular weight excluding hydrogens is 394 g/mol. The van der Waals surface area contributed by atoms with Gasteiger partial charge in [0.1, 0.15) is 5.82 Å². The summed E-state index contributed by atoms with van der Waals surface area (Å²) in [5.74, 6) is 1.12. The van der Waals surface area contributed by atoms with E-state index >= 15 is 0 Å². The summed E-state index contributed by atoms with van der Waals surface area (Å²) in [5.41, 5.74) is 0.504. The summed E-state index contributed by atoms with van der Waals surface area (Å²) in [7, 11) is 0. The largest absolute Gasteiger partial charge is 0.374 e. The summed E-state index contributed by atoms with van der Waals surface area (Å²) in [6, 6.07) is 7.39. The Morgan fingerprint density at radius 2 is 2.10 bits per heavy atom. The number of para-hydroxylation sites is 1. The zero-order valence-corrected chi connectivity index (χ0v) is 19.1. The van der Waals surface area contributed by atoms with Crippen molar-refractivity contribution in [1.82, 2.24) is 25.1 Å². The molecule has 1 unspecified atom stereocenters. The first-order valence-electron chi connectivity index (χ1n) is 11.1. The highest BCUT2D eigenvalue weighted by molar-refractivity contribution is 5.78. The first-order valence-corrected chi connectivity index (χ1v) is 11.1. The molecule has 0 bridgehead atoms. The van der Waals surface area contributed by atoms with Crippen molar-refractivity contribution < 1.29 is 9.53 Å². The minimum Gasteiger partial charge on any atom is -0.374 e. The highest BCUT2D eigenvalue weighted by Gasteiger charge is 2.22. The Morgan fingerprint density at radius 1 is 1.32 bits per heavy atom. The van der Waals surface area contributed by atoms with Crippen LogP contribution in [-0.2, 0) is 16.1 Å². The quantitative estimate of drug-likeness (QED) is 0.629. The first-order chi connectivity index (χ1) is 14.8. The summed E-state index contributed by atoms with van der Waals surface area (Å²) in [6.07, 6.45) is 0.0162. The Kier molecular flexibility index (Phi) is 8.17. The van der Waals surface area contributed by atoms with Gasteiger partial charge in [0.25, 0.3) is 5.56 Å². The third-order valence-electron chi connectivity index (χ3n) is 5.46. The molecule has 1 atom stereocenters. The third kappa shape index (κ3) is 6.85. The molecule has 3 rings (SSSR count). The number of amides is 1. The van der Waals surface area contributed by atoms with Crippen LogP contribution in [-0.4, -0.2) is 77.2 Å². The van der Waals surface area contributed by atoms with Crippen molar-refractivity contribution in [2.45, 2.75) is 46.4 Å². The lowest BCUT2D eigenvalue weighted by molar-refractivity contribution is -0.124. The average molecular weight is 430 g/mol. The number of carbonyl (C=O) groups is 1. The van der Waals surface area contributed by atoms with E-state index in [-0.39, 0.29) is 30.2 Å². The van der Waals surface area contributed by atoms with Crippen LogP contribution in [0.15, 0.2) is 29.1 Å². The number of aromatic amines is 1. The topological polar surface area (TPSA) is 90.6 Å². The molecule has 1 saturated heterocycles. The van der Waals surface area contributed by atoms with E-state index in [0.29, 0.717) is 42.3 Å². The fourth-order valence-electron chi connectivity index (χ4n) is 3.88. The van der Waals surface area contributed by atoms with Crippen molar-refractivity contribution in [1.29, 1.82) is 0 Å². The van der Waals surface area contributed by atoms with Crippen LogP contribution in [0.2, 0.25) is 0 Å². The van der Waals surface area contributed by atoms with Gasteiger partial charge in [-0.3, -0.25) is 19.4 Å². The maximum atomic E-state index is 12.6. The second-order valence-electron chi connectivity index (χ2n) is 8.98. The van der Waals surface area contributed by atoms with Crippen molar-refractivity contribution in [2.75, 3.05) is 39.3 Å². The molecule has 1 aromatic heterocycles. The fraction of sp³-hybridized carbons (Fsp3) is 0.609. The van der Waals surface area contributed by atoms with Crippen molar-refractivity contribution >= 4 is 16.8 Å². The summed E-state index contributed by atoms with van der Waals surface area (Å²) >= 11 is 0. The van der Waals surface area contributed by atoms with E-state index in [1.54, 1.807) is 6.07 Å². The van der Waals surface area contributed by atoms with Crippen LogP contribution in [0.25, 0.3) is 10.9 Å². The van der Waals surface area contributed by atoms with Gasteiger partial charge in [-0.15, -0.1) is 0 Å². The molecule has 2 heterocycles. The van der Waals surface area contributed by atoms with Crippen LogP contribution in [0, 0.1) is 5.92 Å². The van der Waals surface area contributed by atoms with Crippen LogP contribution in [0.5, 0.6) is 0 Å². The van der Waals surface area contributed by atoms with Gasteiger partial charge in [-0.2, -0.15) is 0 Å². The Labute approximate surface area is 184 Å². The molecule has 1 aliphatic rings. The Hall–Kier alpha value is -2.29. The van der Waals surface area contributed by atoms with Gasteiger partial charge in [0.05, 0.1) is 36.7 Å². The molecule has 0 aliphatic carbocycles. The normalized spacial score (nSPS) is 17.7. The number of aromatic nitrogens is 2. The van der Waals surface area contributed by atoms with Crippen LogP contribution in [0.1, 0.15) is 33.5 Å². The monoisotopic (exact) mass is 429 g/mol. The van der Waals surface area contributed by atoms with Gasteiger partial charge in [-0.05, 0) is 31.9 Å². The molecule has 1 aliphatic heterocycles. The number of rotatable bonds is 9. The summed E-state index contributed by atoms with van der Waals surface area (Å²) in [5, 5.41) is 3.58. The number of carbonyl (C=O) groups excluding carboxylic acids is 1. The molecule has 1 fully saturated rings. The molecular formula is C23H35N5O3. The maximum Gasteiger partial charge on any atom is 0.258 e. The van der Waals surface area contributed by atoms with Crippen molar-refractivity contribution in [3.8, 4) is 0 Å². The average Bonchev–Trinajstić information content (AvgIpc) is 2.71. The lowest BCUT2D eigenvalue weighted by atomic mass is 10.2. The van der Waals surface area contributed by atoms with Crippen LogP contribution < -0.4 is 10.9 Å². The van der Waals surface area contributed by atoms with E-state index in [1.807, 2.05) is 36.9 Å². The highest BCUT2D eigenvalue weighted by atomic mass is 16.5. The van der Waals surface area contributed by atoms with Gasteiger partial charge in [0, 0.05) is 32.2 Å². The minimum absolute atomic E-state index is 0.0162. The number of nitrogens with one attached hydrogen (secondary N) is 2. The van der Waals surface area contributed by atoms with Gasteiger partial charge in [0.2, 0.25) is 5.91 Å². The van der Waals surface area contributed by atoms with Crippen molar-refractivity contribution in [3.05, 3.63) is 40.4 Å². The highest BCUT2D eigenvalue weighted by Crippen LogP contribution is 2.10. The molecule has 0 radical (unpaired) electrons. The number of fused-ring (bicyclic) bond motifs is 1. The van der Waals surface area contributed by atoms with Gasteiger partial charge in [-0.25, -0.2) is 4.98 Å². The van der Waals surface area contributed by atoms with E-state index in [0.717, 1.165) is 19.6 Å². The fourth-order valence-corrected chi connectivity index (χ4v) is 3.88. The number of ether oxygens (including phenoxy) is 1. The number of morpholine rings is 1. The molecule has 0 saturated carbocycles. The van der Waals surface area contributed by atoms with Crippen LogP contribution in [0.4, 0.5) is 0 Å². The molecule has 170 valence electrons. The molecule has 2 aromatic rings. The molecule has 1 amide bonds. The van der Waals surface area contributed by atoms with Crippen LogP contribution >= 0.6 is 0 Å². The molecule has 8 nitrogen and oxygen atoms in total. The molecule has 0 spiro atoms. The van der Waals surface area contributed by atoms with Gasteiger partial charge >= 0.3 is 0 Å². The molecule has 8 heteroatoms. The zero-order valence-electron chi connectivity index (χ0n) is 19.1. The minimum atomic E-state index is -0.158. The standard InChI is InChI=1S/C23H35N5O3/c1-16(2)12-27-9-10-31-18(13-27)11-24-22(29)15-28(17(3)4)14-21-25-20-8-6-5-7-19(20)23(30)26-21/h5-8,16-18H,9-15H2,1-4H3,(H,24,29)(H,25,26,30). The zero-order chi connectivity index (χ0) is 22.4. The van der Waals surface area contributed by atoms with Gasteiger partial charge < -0.3 is 15.0 Å². The van der Waals surface area contributed by atoms with Crippen molar-refractivity contribution in [3.63, 3.8) is 0 Å². The number of hydrogen-bond donors (Lipinski definition) is 2. The van der Waals surface area contributed by atoms with E-state index in [4.69, 9.17) is 4.74 Å². The predicted octanol–water partition coefficient (Wildman–Crippen LogP) is 1.61. The van der Waals surface area contributed by atoms with Crippen LogP contribution in [0.3, 0.4) is 0 Å². The lowest BCUT2D eigenvalue weighted by Gasteiger charge is -2.34. The van der Waals surface area contributed by atoms with Gasteiger partial charge in [-0.1, -0.05) is 26.0 Å². The molecule has 31 heavy (non-hydrogen) atoms. The van der Waals surface area contributed by atoms with E-state index in [1.165, 1.54) is 0 Å². The van der Waals surface area contributed by atoms with Gasteiger partial charge in [0.15, 0.2) is 0 Å². The third-order valence-corrected chi connectivity index (χ3v) is 5.46. The Morgan fingerprint density at radius 3 is 2.84 bits per heavy atom. The molecule has 2 N–H and O–H groups in total. The summed E-state index contributed by atoms with van der Waals surface area (Å²) in [4.78, 5) is 36.7. The first kappa shape index (κ1) is 23.4. The number of hydrogen-bond acceptors (Lipinski definition) is 6. The lowest BCUT2D eigenvalue weighted by Crippen LogP contribution is -2.49. The van der Waals surface area contributed by atoms with E-state index < -0.39 is 0 Å². The Balaban J connectivity index is 1.55. The number of H-pyrrole nitrogens is 1. The summed E-state index contributed by atoms with van der Waals surface area (Å²) < 4.78 is 5.82. The number of benzene rings is 1. The SMILES string of the molecule is CC(C)CN1CCOC(CNC(=O)CN(Cc2nc3ccccc3c(=O)[nH]2)C(C)C)C1. The predicted molar refractivity (Wildman–Crippen MR) is 122 cm³/mol. The molecule has 1 aromatic carbocycles. The summed E-state index contributed by atoms with van der Waals surface area (Å²) in [6.45, 7) is 13.2. The second-order valence-corrected chi connectivity index (χ2v) is 8.98. The smallest absolute Gasteiger partial charge is 0.258 e. The van der Waals surface area contributed by atoms with Crippen molar-refractivity contribution in [2.24, 2.45) is 5.92 Å². The van der Waals surface area contributed by atoms with E-state index in [9.17, 15) is 9.59 Å². The second kappa shape index (κ2) is 10.8. The van der Waals surface area contributed by atoms with E-state index in [2.05, 4.69) is 34.0 Å².